The monoisotopic (exact) mass is 442 g/mol. The van der Waals surface area contributed by atoms with Crippen molar-refractivity contribution in [3.8, 4) is 10.4 Å². The topological polar surface area (TPSA) is 69.6 Å². The second-order valence-electron chi connectivity index (χ2n) is 6.89. The van der Waals surface area contributed by atoms with Crippen molar-refractivity contribution in [1.29, 1.82) is 0 Å². The zero-order valence-corrected chi connectivity index (χ0v) is 17.7. The molecule has 0 saturated carbocycles. The molecular weight excluding hydrogens is 417 g/mol. The van der Waals surface area contributed by atoms with Gasteiger partial charge in [-0.3, -0.25) is 9.69 Å². The lowest BCUT2D eigenvalue weighted by Crippen LogP contribution is -2.38. The summed E-state index contributed by atoms with van der Waals surface area (Å²) >= 11 is 1.33. The molecule has 0 unspecified atom stereocenters. The number of hydrogen-bond acceptors (Lipinski definition) is 3. The summed E-state index contributed by atoms with van der Waals surface area (Å²) in [4.78, 5) is 25.6. The lowest BCUT2D eigenvalue weighted by molar-refractivity contribution is -0.137. The van der Waals surface area contributed by atoms with Gasteiger partial charge in [-0.25, -0.2) is 4.79 Å². The van der Waals surface area contributed by atoms with Crippen LogP contribution in [-0.2, 0) is 17.4 Å². The highest BCUT2D eigenvalue weighted by Crippen LogP contribution is 2.40. The number of urea groups is 1. The van der Waals surface area contributed by atoms with Gasteiger partial charge in [0.05, 0.1) is 17.7 Å². The molecule has 1 heterocycles. The number of halogens is 3. The first-order valence-electron chi connectivity index (χ1n) is 9.67. The predicted molar refractivity (Wildman–Crippen MR) is 112 cm³/mol. The summed E-state index contributed by atoms with van der Waals surface area (Å²) in [7, 11) is 1.32. The highest BCUT2D eigenvalue weighted by atomic mass is 32.1. The van der Waals surface area contributed by atoms with Crippen molar-refractivity contribution in [2.24, 2.45) is 0 Å². The SMILES string of the molecule is CCCCCNC(=O)N(C)c1cc(-c2ccc(CCC(=O)O)s2)ccc1C(F)(F)F. The Morgan fingerprint density at radius 3 is 2.53 bits per heavy atom. The summed E-state index contributed by atoms with van der Waals surface area (Å²) in [6.45, 7) is 2.42. The molecule has 0 aliphatic carbocycles. The van der Waals surface area contributed by atoms with E-state index in [9.17, 15) is 22.8 Å². The fourth-order valence-corrected chi connectivity index (χ4v) is 3.90. The lowest BCUT2D eigenvalue weighted by Gasteiger charge is -2.23. The summed E-state index contributed by atoms with van der Waals surface area (Å²) in [6, 6.07) is 6.61. The van der Waals surface area contributed by atoms with E-state index in [1.807, 2.05) is 6.92 Å². The number of thiophene rings is 1. The van der Waals surface area contributed by atoms with E-state index in [1.165, 1.54) is 30.5 Å². The molecule has 1 aromatic heterocycles. The average Bonchev–Trinajstić information content (AvgIpc) is 3.17. The van der Waals surface area contributed by atoms with Crippen LogP contribution in [0, 0.1) is 0 Å². The van der Waals surface area contributed by atoms with Gasteiger partial charge >= 0.3 is 18.2 Å². The van der Waals surface area contributed by atoms with E-state index in [2.05, 4.69) is 5.32 Å². The van der Waals surface area contributed by atoms with Crippen LogP contribution in [0.2, 0.25) is 0 Å². The number of carbonyl (C=O) groups excluding carboxylic acids is 1. The van der Waals surface area contributed by atoms with E-state index in [-0.39, 0.29) is 12.1 Å². The second kappa shape index (κ2) is 10.5. The number of carbonyl (C=O) groups is 2. The van der Waals surface area contributed by atoms with Crippen molar-refractivity contribution in [3.63, 3.8) is 0 Å². The molecule has 164 valence electrons. The zero-order valence-electron chi connectivity index (χ0n) is 16.9. The number of amides is 2. The maximum Gasteiger partial charge on any atom is 0.418 e. The third-order valence-electron chi connectivity index (χ3n) is 4.56. The fraction of sp³-hybridized carbons (Fsp3) is 0.429. The summed E-state index contributed by atoms with van der Waals surface area (Å²) < 4.78 is 40.6. The molecule has 0 saturated heterocycles. The first kappa shape index (κ1) is 23.7. The van der Waals surface area contributed by atoms with Crippen molar-refractivity contribution in [1.82, 2.24) is 5.32 Å². The number of anilines is 1. The number of aryl methyl sites for hydroxylation is 1. The summed E-state index contributed by atoms with van der Waals surface area (Å²) in [5, 5.41) is 11.5. The highest BCUT2D eigenvalue weighted by Gasteiger charge is 2.35. The predicted octanol–water partition coefficient (Wildman–Crippen LogP) is 5.79. The van der Waals surface area contributed by atoms with Crippen molar-refractivity contribution in [3.05, 3.63) is 40.8 Å². The van der Waals surface area contributed by atoms with Gasteiger partial charge in [0.1, 0.15) is 0 Å². The van der Waals surface area contributed by atoms with E-state index in [0.29, 0.717) is 23.4 Å². The maximum absolute atomic E-state index is 13.5. The lowest BCUT2D eigenvalue weighted by atomic mass is 10.1. The van der Waals surface area contributed by atoms with Gasteiger partial charge in [-0.1, -0.05) is 25.8 Å². The van der Waals surface area contributed by atoms with E-state index < -0.39 is 23.7 Å². The molecule has 2 amide bonds. The number of alkyl halides is 3. The maximum atomic E-state index is 13.5. The van der Waals surface area contributed by atoms with E-state index in [1.54, 1.807) is 12.1 Å². The number of nitrogens with one attached hydrogen (secondary N) is 1. The smallest absolute Gasteiger partial charge is 0.418 e. The Morgan fingerprint density at radius 1 is 1.17 bits per heavy atom. The second-order valence-corrected chi connectivity index (χ2v) is 8.06. The Hall–Kier alpha value is -2.55. The van der Waals surface area contributed by atoms with Crippen LogP contribution >= 0.6 is 11.3 Å². The van der Waals surface area contributed by atoms with Crippen molar-refractivity contribution < 1.29 is 27.9 Å². The minimum atomic E-state index is -4.60. The Bertz CT molecular complexity index is 881. The third-order valence-corrected chi connectivity index (χ3v) is 5.75. The minimum Gasteiger partial charge on any atom is -0.481 e. The number of hydrogen-bond donors (Lipinski definition) is 2. The molecule has 0 radical (unpaired) electrons. The van der Waals surface area contributed by atoms with E-state index in [4.69, 9.17) is 5.11 Å². The molecule has 0 spiro atoms. The van der Waals surface area contributed by atoms with Crippen molar-refractivity contribution in [2.75, 3.05) is 18.5 Å². The highest BCUT2D eigenvalue weighted by molar-refractivity contribution is 7.15. The quantitative estimate of drug-likeness (QED) is 0.483. The fourth-order valence-electron chi connectivity index (χ4n) is 2.90. The Balaban J connectivity index is 2.29. The van der Waals surface area contributed by atoms with Crippen molar-refractivity contribution >= 4 is 29.0 Å². The number of rotatable bonds is 9. The van der Waals surface area contributed by atoms with Gasteiger partial charge in [0.25, 0.3) is 0 Å². The Kier molecular flexibility index (Phi) is 8.28. The number of aliphatic carboxylic acids is 1. The van der Waals surface area contributed by atoms with Crippen LogP contribution in [0.1, 0.15) is 43.0 Å². The van der Waals surface area contributed by atoms with Gasteiger partial charge in [0.15, 0.2) is 0 Å². The molecule has 0 bridgehead atoms. The minimum absolute atomic E-state index is 0.0147. The molecule has 5 nitrogen and oxygen atoms in total. The number of benzene rings is 1. The first-order valence-corrected chi connectivity index (χ1v) is 10.5. The number of carboxylic acid groups (broad SMARTS) is 1. The van der Waals surface area contributed by atoms with Crippen LogP contribution in [0.3, 0.4) is 0 Å². The van der Waals surface area contributed by atoms with Crippen LogP contribution in [0.5, 0.6) is 0 Å². The van der Waals surface area contributed by atoms with Crippen LogP contribution < -0.4 is 10.2 Å². The van der Waals surface area contributed by atoms with Gasteiger partial charge in [-0.15, -0.1) is 11.3 Å². The largest absolute Gasteiger partial charge is 0.481 e. The summed E-state index contributed by atoms with van der Waals surface area (Å²) in [6.07, 6.45) is -1.60. The summed E-state index contributed by atoms with van der Waals surface area (Å²) in [5.41, 5.74) is -0.580. The molecule has 2 N–H and O–H groups in total. The average molecular weight is 443 g/mol. The van der Waals surface area contributed by atoms with Gasteiger partial charge in [-0.2, -0.15) is 13.2 Å². The molecule has 0 aliphatic rings. The molecule has 2 aromatic rings. The van der Waals surface area contributed by atoms with Crippen LogP contribution in [0.25, 0.3) is 10.4 Å². The molecule has 2 rings (SSSR count). The van der Waals surface area contributed by atoms with Crippen molar-refractivity contribution in [2.45, 2.75) is 45.2 Å². The van der Waals surface area contributed by atoms with Gasteiger partial charge in [0.2, 0.25) is 0 Å². The molecule has 9 heteroatoms. The van der Waals surface area contributed by atoms with Gasteiger partial charge < -0.3 is 10.4 Å². The van der Waals surface area contributed by atoms with Crippen LogP contribution in [0.15, 0.2) is 30.3 Å². The summed E-state index contributed by atoms with van der Waals surface area (Å²) in [5.74, 6) is -0.909. The number of nitrogens with zero attached hydrogens (tertiary/aromatic N) is 1. The standard InChI is InChI=1S/C21H25F3N2O3S/c1-3-4-5-12-25-20(29)26(2)17-13-14(6-9-16(17)21(22,23)24)18-10-7-15(30-18)8-11-19(27)28/h6-7,9-10,13H,3-5,8,11-12H2,1-2H3,(H,25,29)(H,27,28). The zero-order chi connectivity index (χ0) is 22.3. The molecule has 30 heavy (non-hydrogen) atoms. The first-order chi connectivity index (χ1) is 14.1. The third kappa shape index (κ3) is 6.48. The Labute approximate surface area is 177 Å². The van der Waals surface area contributed by atoms with Crippen LogP contribution in [-0.4, -0.2) is 30.7 Å². The van der Waals surface area contributed by atoms with Gasteiger partial charge in [-0.05, 0) is 42.7 Å². The molecule has 1 aromatic carbocycles. The molecule has 0 fully saturated rings. The number of carboxylic acids is 1. The normalized spacial score (nSPS) is 11.4. The van der Waals surface area contributed by atoms with E-state index in [0.717, 1.165) is 35.1 Å². The molecule has 0 aliphatic heterocycles. The van der Waals surface area contributed by atoms with Crippen LogP contribution in [0.4, 0.5) is 23.7 Å². The number of unbranched alkanes of at least 4 members (excludes halogenated alkanes) is 2. The molecular formula is C21H25F3N2O3S. The van der Waals surface area contributed by atoms with E-state index >= 15 is 0 Å². The molecule has 0 atom stereocenters. The Morgan fingerprint density at radius 2 is 1.90 bits per heavy atom. The van der Waals surface area contributed by atoms with Gasteiger partial charge in [0, 0.05) is 23.3 Å².